The lowest BCUT2D eigenvalue weighted by molar-refractivity contribution is -0.160. The zero-order valence-corrected chi connectivity index (χ0v) is 30.4. The molecule has 0 radical (unpaired) electrons. The molecule has 0 aliphatic carbocycles. The number of carbonyl (C=O) groups excluding carboxylic acids is 2. The van der Waals surface area contributed by atoms with Gasteiger partial charge in [-0.2, -0.15) is 0 Å². The number of rotatable bonds is 8. The lowest BCUT2D eigenvalue weighted by Crippen LogP contribution is -2.51. The summed E-state index contributed by atoms with van der Waals surface area (Å²) < 4.78 is 29.4. The Labute approximate surface area is 297 Å². The quantitative estimate of drug-likeness (QED) is 0.250. The third-order valence-electron chi connectivity index (χ3n) is 9.82. The van der Waals surface area contributed by atoms with Gasteiger partial charge in [0.15, 0.2) is 17.7 Å². The van der Waals surface area contributed by atoms with Crippen LogP contribution in [0.3, 0.4) is 0 Å². The third-order valence-corrected chi connectivity index (χ3v) is 9.82. The van der Waals surface area contributed by atoms with Crippen molar-refractivity contribution in [1.29, 1.82) is 0 Å². The molecule has 2 aromatic heterocycles. The first-order valence-corrected chi connectivity index (χ1v) is 17.3. The van der Waals surface area contributed by atoms with Crippen LogP contribution < -0.4 is 9.64 Å². The van der Waals surface area contributed by atoms with E-state index in [0.29, 0.717) is 78.3 Å². The van der Waals surface area contributed by atoms with Crippen LogP contribution in [0.2, 0.25) is 0 Å². The van der Waals surface area contributed by atoms with Gasteiger partial charge in [-0.3, -0.25) is 14.5 Å². The summed E-state index contributed by atoms with van der Waals surface area (Å²) in [5.41, 5.74) is 4.05. The van der Waals surface area contributed by atoms with Crippen LogP contribution >= 0.6 is 0 Å². The van der Waals surface area contributed by atoms with Crippen LogP contribution in [0.4, 0.5) is 10.1 Å². The second-order valence-electron chi connectivity index (χ2n) is 14.4. The molecule has 0 spiro atoms. The number of carboxylic acids is 1. The van der Waals surface area contributed by atoms with Gasteiger partial charge in [-0.15, -0.1) is 0 Å². The van der Waals surface area contributed by atoms with E-state index in [9.17, 15) is 19.5 Å². The van der Waals surface area contributed by atoms with Crippen molar-refractivity contribution in [1.82, 2.24) is 19.4 Å². The van der Waals surface area contributed by atoms with E-state index in [2.05, 4.69) is 0 Å². The number of aliphatic carboxylic acids is 1. The molecule has 1 atom stereocenters. The number of hydrogen-bond acceptors (Lipinski definition) is 7. The molecule has 1 N–H and O–H groups in total. The lowest BCUT2D eigenvalue weighted by Gasteiger charge is -2.35. The van der Waals surface area contributed by atoms with Crippen LogP contribution in [0.5, 0.6) is 5.75 Å². The first-order valence-electron chi connectivity index (χ1n) is 17.3. The maximum Gasteiger partial charge on any atom is 0.337 e. The first-order chi connectivity index (χ1) is 24.2. The van der Waals surface area contributed by atoms with Gasteiger partial charge in [0.1, 0.15) is 11.3 Å². The Kier molecular flexibility index (Phi) is 9.93. The minimum absolute atomic E-state index is 0.0324. The highest BCUT2D eigenvalue weighted by Gasteiger charge is 2.35. The Morgan fingerprint density at radius 3 is 2.41 bits per heavy atom. The van der Waals surface area contributed by atoms with E-state index >= 15 is 4.39 Å². The van der Waals surface area contributed by atoms with Crippen LogP contribution in [0.15, 0.2) is 42.5 Å². The molecular weight excluding hydrogens is 653 g/mol. The summed E-state index contributed by atoms with van der Waals surface area (Å²) in [6.45, 7) is 11.5. The number of para-hydroxylation sites is 1. The highest BCUT2D eigenvalue weighted by atomic mass is 19.1. The minimum Gasteiger partial charge on any atom is -0.490 e. The van der Waals surface area contributed by atoms with E-state index in [-0.39, 0.29) is 24.1 Å². The molecule has 4 aromatic rings. The molecule has 4 heterocycles. The van der Waals surface area contributed by atoms with Crippen molar-refractivity contribution in [2.24, 2.45) is 7.05 Å². The number of anilines is 1. The second kappa shape index (κ2) is 14.1. The van der Waals surface area contributed by atoms with E-state index in [0.717, 1.165) is 23.2 Å². The number of nitrogens with zero attached hydrogens (tertiary/aromatic N) is 5. The summed E-state index contributed by atoms with van der Waals surface area (Å²) in [4.78, 5) is 50.3. The smallest absolute Gasteiger partial charge is 0.337 e. The number of carboxylic acid groups (broad SMARTS) is 1. The maximum atomic E-state index is 15.8. The highest BCUT2D eigenvalue weighted by molar-refractivity contribution is 6.05. The number of ether oxygens (including phenoxy) is 2. The number of aromatic nitrogens is 2. The van der Waals surface area contributed by atoms with Gasteiger partial charge < -0.3 is 28.9 Å². The van der Waals surface area contributed by atoms with E-state index in [1.165, 1.54) is 6.07 Å². The lowest BCUT2D eigenvalue weighted by atomic mass is 9.86. The van der Waals surface area contributed by atoms with Gasteiger partial charge in [0, 0.05) is 73.7 Å². The highest BCUT2D eigenvalue weighted by Crippen LogP contribution is 2.45. The monoisotopic (exact) mass is 699 g/mol. The average Bonchev–Trinajstić information content (AvgIpc) is 3.43. The SMILES string of the molecule is Cc1nc2c(cc(C(=O)N3CCN(CC(=O)N(C)c4ccccc4)CC3)n2C)c(-c2cc(F)c3c(c2C)CCCO3)c1[C@H](OC(C)(C)C)C(=O)O. The maximum absolute atomic E-state index is 15.8. The molecule has 270 valence electrons. The fraction of sp³-hybridized carbons (Fsp3) is 0.436. The minimum atomic E-state index is -1.41. The second-order valence-corrected chi connectivity index (χ2v) is 14.4. The normalized spacial score (nSPS) is 15.7. The molecule has 2 amide bonds. The van der Waals surface area contributed by atoms with E-state index in [1.807, 2.05) is 42.2 Å². The molecule has 6 rings (SSSR count). The molecule has 0 bridgehead atoms. The number of carbonyl (C=O) groups is 3. The Hall–Kier alpha value is -4.81. The van der Waals surface area contributed by atoms with Crippen molar-refractivity contribution in [3.8, 4) is 16.9 Å². The molecule has 1 fully saturated rings. The van der Waals surface area contributed by atoms with E-state index in [1.54, 1.807) is 62.2 Å². The number of fused-ring (bicyclic) bond motifs is 2. The van der Waals surface area contributed by atoms with Crippen LogP contribution in [-0.4, -0.2) is 94.2 Å². The number of piperazine rings is 1. The molecule has 0 unspecified atom stereocenters. The van der Waals surface area contributed by atoms with Gasteiger partial charge in [-0.25, -0.2) is 14.2 Å². The first kappa shape index (κ1) is 36.0. The zero-order valence-electron chi connectivity index (χ0n) is 30.4. The number of likely N-dealkylation sites (N-methyl/N-ethyl adjacent to an activating group) is 1. The Morgan fingerprint density at radius 1 is 1.08 bits per heavy atom. The van der Waals surface area contributed by atoms with E-state index in [4.69, 9.17) is 14.5 Å². The molecule has 51 heavy (non-hydrogen) atoms. The standard InChI is InChI=1S/C39H46FN5O6/c1-23-26-14-11-19-50-34(26)29(40)20-27(23)33-28-21-30(43(7)36(28)41-24(2)32(33)35(38(48)49)51-39(3,4)5)37(47)45-17-15-44(16-18-45)22-31(46)42(6)25-12-9-8-10-13-25/h8-10,12-13,20-21,35H,11,14-19,22H2,1-7H3,(H,48,49)/t35-/m0/s1. The van der Waals surface area contributed by atoms with Crippen LogP contribution in [0.25, 0.3) is 22.2 Å². The number of hydrogen-bond donors (Lipinski definition) is 1. The largest absolute Gasteiger partial charge is 0.490 e. The number of benzene rings is 2. The summed E-state index contributed by atoms with van der Waals surface area (Å²) >= 11 is 0. The Balaban J connectivity index is 1.37. The van der Waals surface area contributed by atoms with Crippen LogP contribution in [0, 0.1) is 19.7 Å². The van der Waals surface area contributed by atoms with E-state index < -0.39 is 23.5 Å². The number of halogens is 1. The summed E-state index contributed by atoms with van der Waals surface area (Å²) in [7, 11) is 3.52. The molecule has 2 aromatic carbocycles. The van der Waals surface area contributed by atoms with Gasteiger partial charge >= 0.3 is 5.97 Å². The predicted octanol–water partition coefficient (Wildman–Crippen LogP) is 5.68. The van der Waals surface area contributed by atoms with Crippen molar-refractivity contribution >= 4 is 34.5 Å². The predicted molar refractivity (Wildman–Crippen MR) is 193 cm³/mol. The van der Waals surface area contributed by atoms with Crippen molar-refractivity contribution in [3.05, 3.63) is 76.4 Å². The van der Waals surface area contributed by atoms with Gasteiger partial charge in [0.05, 0.1) is 18.8 Å². The molecule has 12 heteroatoms. The van der Waals surface area contributed by atoms with Crippen LogP contribution in [-0.2, 0) is 27.8 Å². The molecule has 0 saturated carbocycles. The van der Waals surface area contributed by atoms with Crippen molar-refractivity contribution in [3.63, 3.8) is 0 Å². The molecular formula is C39H46FN5O6. The number of aryl methyl sites for hydroxylation is 2. The summed E-state index contributed by atoms with van der Waals surface area (Å²) in [6, 6.07) is 12.6. The molecule has 2 aliphatic rings. The van der Waals surface area contributed by atoms with Gasteiger partial charge in [-0.1, -0.05) is 18.2 Å². The molecule has 11 nitrogen and oxygen atoms in total. The Bertz CT molecular complexity index is 2000. The average molecular weight is 700 g/mol. The Morgan fingerprint density at radius 2 is 1.76 bits per heavy atom. The van der Waals surface area contributed by atoms with Gasteiger partial charge in [0.2, 0.25) is 5.91 Å². The number of amides is 2. The number of pyridine rings is 1. The topological polar surface area (TPSA) is 117 Å². The molecule has 2 aliphatic heterocycles. The van der Waals surface area contributed by atoms with Crippen molar-refractivity contribution < 1.29 is 33.4 Å². The van der Waals surface area contributed by atoms with Gasteiger partial charge in [-0.05, 0) is 82.9 Å². The zero-order chi connectivity index (χ0) is 36.8. The van der Waals surface area contributed by atoms with Crippen LogP contribution in [0.1, 0.15) is 66.2 Å². The van der Waals surface area contributed by atoms with Crippen molar-refractivity contribution in [2.45, 2.75) is 59.2 Å². The summed E-state index contributed by atoms with van der Waals surface area (Å²) in [5.74, 6) is -1.75. The summed E-state index contributed by atoms with van der Waals surface area (Å²) in [5, 5.41) is 11.0. The molecule has 1 saturated heterocycles. The fourth-order valence-electron chi connectivity index (χ4n) is 7.14. The fourth-order valence-corrected chi connectivity index (χ4v) is 7.14. The third kappa shape index (κ3) is 7.07. The van der Waals surface area contributed by atoms with Gasteiger partial charge in [0.25, 0.3) is 5.91 Å². The summed E-state index contributed by atoms with van der Waals surface area (Å²) in [6.07, 6.45) is -0.0646. The van der Waals surface area contributed by atoms with Crippen molar-refractivity contribution in [2.75, 3.05) is 51.3 Å².